The maximum absolute atomic E-state index is 11.9. The van der Waals surface area contributed by atoms with E-state index in [1.54, 1.807) is 11.9 Å². The molecule has 4 heteroatoms. The zero-order valence-electron chi connectivity index (χ0n) is 10.8. The predicted octanol–water partition coefficient (Wildman–Crippen LogP) is 1.61. The normalized spacial score (nSPS) is 12.5. The lowest BCUT2D eigenvalue weighted by Crippen LogP contribution is -2.35. The molecule has 0 fully saturated rings. The van der Waals surface area contributed by atoms with Crippen LogP contribution in [0.1, 0.15) is 24.9 Å². The molecule has 0 bridgehead atoms. The fourth-order valence-corrected chi connectivity index (χ4v) is 1.70. The minimum atomic E-state index is -0.279. The number of nitrogens with zero attached hydrogens (tertiary/aromatic N) is 1. The van der Waals surface area contributed by atoms with Crippen LogP contribution in [0.15, 0.2) is 16.5 Å². The van der Waals surface area contributed by atoms with Gasteiger partial charge in [0.15, 0.2) is 0 Å². The van der Waals surface area contributed by atoms with E-state index >= 15 is 0 Å². The Hall–Kier alpha value is -1.29. The van der Waals surface area contributed by atoms with Crippen LogP contribution < -0.4 is 0 Å². The van der Waals surface area contributed by atoms with E-state index in [1.807, 2.05) is 26.0 Å². The Morgan fingerprint density at radius 1 is 1.53 bits per heavy atom. The second-order valence-electron chi connectivity index (χ2n) is 4.31. The molecular weight excluding hydrogens is 218 g/mol. The summed E-state index contributed by atoms with van der Waals surface area (Å²) < 4.78 is 5.44. The molecule has 17 heavy (non-hydrogen) atoms. The van der Waals surface area contributed by atoms with E-state index in [0.717, 1.165) is 11.5 Å². The number of likely N-dealkylation sites (N-methyl/N-ethyl adjacent to an activating group) is 1. The van der Waals surface area contributed by atoms with E-state index in [4.69, 9.17) is 9.52 Å². The molecule has 1 aromatic heterocycles. The van der Waals surface area contributed by atoms with E-state index < -0.39 is 0 Å². The van der Waals surface area contributed by atoms with Crippen LogP contribution in [0.2, 0.25) is 0 Å². The number of carbonyl (C=O) groups is 1. The summed E-state index contributed by atoms with van der Waals surface area (Å²) >= 11 is 0. The Balaban J connectivity index is 2.43. The van der Waals surface area contributed by atoms with E-state index in [1.165, 1.54) is 0 Å². The van der Waals surface area contributed by atoms with Gasteiger partial charge in [0.1, 0.15) is 11.5 Å². The lowest BCUT2D eigenvalue weighted by atomic mass is 10.1. The van der Waals surface area contributed by atoms with E-state index in [2.05, 4.69) is 0 Å². The van der Waals surface area contributed by atoms with Gasteiger partial charge in [-0.1, -0.05) is 6.92 Å². The molecule has 1 atom stereocenters. The predicted molar refractivity (Wildman–Crippen MR) is 65.7 cm³/mol. The second-order valence-corrected chi connectivity index (χ2v) is 4.31. The number of aliphatic hydroxyl groups is 1. The maximum Gasteiger partial charge on any atom is 0.227 e. The molecule has 1 unspecified atom stereocenters. The zero-order chi connectivity index (χ0) is 12.8. The number of hydrogen-bond donors (Lipinski definition) is 1. The minimum Gasteiger partial charge on any atom is -0.466 e. The third kappa shape index (κ3) is 3.89. The van der Waals surface area contributed by atoms with Crippen LogP contribution in [0.3, 0.4) is 0 Å². The Labute approximate surface area is 102 Å². The van der Waals surface area contributed by atoms with Crippen molar-refractivity contribution in [2.75, 3.05) is 20.2 Å². The molecule has 0 saturated carbocycles. The Bertz CT molecular complexity index is 355. The number of furan rings is 1. The van der Waals surface area contributed by atoms with Crippen LogP contribution in [-0.4, -0.2) is 36.1 Å². The van der Waals surface area contributed by atoms with Crippen molar-refractivity contribution in [2.45, 2.75) is 26.7 Å². The number of aryl methyl sites for hydroxylation is 1. The molecule has 0 aliphatic carbocycles. The molecule has 0 aliphatic heterocycles. The summed E-state index contributed by atoms with van der Waals surface area (Å²) in [5, 5.41) is 9.07. The highest BCUT2D eigenvalue weighted by Crippen LogP contribution is 2.09. The number of amides is 1. The first-order valence-electron chi connectivity index (χ1n) is 5.99. The van der Waals surface area contributed by atoms with Gasteiger partial charge in [-0.15, -0.1) is 0 Å². The van der Waals surface area contributed by atoms with Crippen molar-refractivity contribution in [3.8, 4) is 0 Å². The first-order valence-corrected chi connectivity index (χ1v) is 5.99. The highest BCUT2D eigenvalue weighted by atomic mass is 16.3. The summed E-state index contributed by atoms with van der Waals surface area (Å²) in [6.45, 7) is 4.33. The molecule has 1 aromatic rings. The number of carbonyl (C=O) groups excluding carboxylic acids is 1. The van der Waals surface area contributed by atoms with Crippen LogP contribution in [0.4, 0.5) is 0 Å². The average Bonchev–Trinajstić information content (AvgIpc) is 2.73. The van der Waals surface area contributed by atoms with Gasteiger partial charge in [-0.25, -0.2) is 0 Å². The average molecular weight is 239 g/mol. The van der Waals surface area contributed by atoms with Gasteiger partial charge >= 0.3 is 0 Å². The van der Waals surface area contributed by atoms with Gasteiger partial charge in [-0.2, -0.15) is 0 Å². The quantitative estimate of drug-likeness (QED) is 0.820. The highest BCUT2D eigenvalue weighted by molar-refractivity contribution is 5.78. The smallest absolute Gasteiger partial charge is 0.227 e. The Kier molecular flexibility index (Phi) is 5.22. The van der Waals surface area contributed by atoms with Crippen LogP contribution in [-0.2, 0) is 11.2 Å². The fraction of sp³-hybridized carbons (Fsp3) is 0.615. The number of hydrogen-bond acceptors (Lipinski definition) is 3. The van der Waals surface area contributed by atoms with Crippen molar-refractivity contribution in [3.05, 3.63) is 23.7 Å². The van der Waals surface area contributed by atoms with Crippen LogP contribution in [0.5, 0.6) is 0 Å². The Morgan fingerprint density at radius 2 is 2.24 bits per heavy atom. The second kappa shape index (κ2) is 6.45. The highest BCUT2D eigenvalue weighted by Gasteiger charge is 2.19. The summed E-state index contributed by atoms with van der Waals surface area (Å²) in [7, 11) is 1.76. The molecule has 1 N–H and O–H groups in total. The number of rotatable bonds is 6. The van der Waals surface area contributed by atoms with E-state index in [-0.39, 0.29) is 18.4 Å². The van der Waals surface area contributed by atoms with Crippen molar-refractivity contribution >= 4 is 5.91 Å². The molecule has 4 nitrogen and oxygen atoms in total. The fourth-order valence-electron chi connectivity index (χ4n) is 1.70. The van der Waals surface area contributed by atoms with Gasteiger partial charge < -0.3 is 14.4 Å². The van der Waals surface area contributed by atoms with Crippen molar-refractivity contribution in [2.24, 2.45) is 5.92 Å². The molecule has 1 rings (SSSR count). The van der Waals surface area contributed by atoms with Crippen molar-refractivity contribution < 1.29 is 14.3 Å². The molecule has 0 saturated heterocycles. The first kappa shape index (κ1) is 13.8. The molecule has 0 radical (unpaired) electrons. The molecule has 1 heterocycles. The van der Waals surface area contributed by atoms with Gasteiger partial charge in [-0.05, 0) is 25.5 Å². The third-order valence-corrected chi connectivity index (χ3v) is 2.93. The zero-order valence-corrected chi connectivity index (χ0v) is 10.8. The summed E-state index contributed by atoms with van der Waals surface area (Å²) in [6, 6.07) is 3.84. The van der Waals surface area contributed by atoms with Crippen LogP contribution >= 0.6 is 0 Å². The Morgan fingerprint density at radius 3 is 2.71 bits per heavy atom. The monoisotopic (exact) mass is 239 g/mol. The summed E-state index contributed by atoms with van der Waals surface area (Å²) in [4.78, 5) is 13.5. The van der Waals surface area contributed by atoms with Crippen molar-refractivity contribution in [1.82, 2.24) is 4.90 Å². The SMILES string of the molecule is CCC(CO)C(=O)N(C)CCc1ccc(C)o1. The standard InChI is InChI=1S/C13H21NO3/c1-4-11(9-15)13(16)14(3)8-7-12-6-5-10(2)17-12/h5-6,11,15H,4,7-9H2,1-3H3. The summed E-state index contributed by atoms with van der Waals surface area (Å²) in [6.07, 6.45) is 1.37. The largest absolute Gasteiger partial charge is 0.466 e. The van der Waals surface area contributed by atoms with Gasteiger partial charge in [-0.3, -0.25) is 4.79 Å². The van der Waals surface area contributed by atoms with Gasteiger partial charge in [0.2, 0.25) is 5.91 Å². The molecule has 96 valence electrons. The van der Waals surface area contributed by atoms with Crippen LogP contribution in [0, 0.1) is 12.8 Å². The van der Waals surface area contributed by atoms with Gasteiger partial charge in [0, 0.05) is 20.0 Å². The van der Waals surface area contributed by atoms with E-state index in [0.29, 0.717) is 19.4 Å². The first-order chi connectivity index (χ1) is 8.08. The lowest BCUT2D eigenvalue weighted by molar-refractivity contribution is -0.135. The molecule has 0 aliphatic rings. The molecule has 0 aromatic carbocycles. The lowest BCUT2D eigenvalue weighted by Gasteiger charge is -2.21. The van der Waals surface area contributed by atoms with Gasteiger partial charge in [0.25, 0.3) is 0 Å². The maximum atomic E-state index is 11.9. The molecular formula is C13H21NO3. The minimum absolute atomic E-state index is 0.00159. The van der Waals surface area contributed by atoms with Crippen molar-refractivity contribution in [1.29, 1.82) is 0 Å². The van der Waals surface area contributed by atoms with Gasteiger partial charge in [0.05, 0.1) is 12.5 Å². The third-order valence-electron chi connectivity index (χ3n) is 2.93. The van der Waals surface area contributed by atoms with Crippen molar-refractivity contribution in [3.63, 3.8) is 0 Å². The topological polar surface area (TPSA) is 53.7 Å². The number of aliphatic hydroxyl groups excluding tert-OH is 1. The molecule has 1 amide bonds. The summed E-state index contributed by atoms with van der Waals surface area (Å²) in [5.74, 6) is 1.49. The summed E-state index contributed by atoms with van der Waals surface area (Å²) in [5.41, 5.74) is 0. The van der Waals surface area contributed by atoms with E-state index in [9.17, 15) is 4.79 Å². The van der Waals surface area contributed by atoms with Crippen LogP contribution in [0.25, 0.3) is 0 Å². The molecule has 0 spiro atoms.